The zero-order valence-corrected chi connectivity index (χ0v) is 13.6. The summed E-state index contributed by atoms with van der Waals surface area (Å²) in [6.07, 6.45) is 2.81. The van der Waals surface area contributed by atoms with Crippen LogP contribution in [-0.4, -0.2) is 48.8 Å². The van der Waals surface area contributed by atoms with Crippen molar-refractivity contribution in [2.45, 2.75) is 41.9 Å². The van der Waals surface area contributed by atoms with Gasteiger partial charge in [0.1, 0.15) is 0 Å². The van der Waals surface area contributed by atoms with E-state index in [1.807, 2.05) is 0 Å². The van der Waals surface area contributed by atoms with Crippen LogP contribution in [0.15, 0.2) is 29.2 Å². The number of morpholine rings is 1. The Morgan fingerprint density at radius 2 is 1.96 bits per heavy atom. The minimum absolute atomic E-state index is 0.0811. The maximum atomic E-state index is 12.3. The standard InChI is InChI=1S/C16H21F3N2OS/c17-16(18,19)23-15-5-1-12(2-6-15)9-20-10-14-11-21(7-8-22-14)13-3-4-13/h1-2,5-6,13-14,20H,3-4,7-11H2. The van der Waals surface area contributed by atoms with E-state index in [2.05, 4.69) is 10.2 Å². The van der Waals surface area contributed by atoms with Gasteiger partial charge in [-0.3, -0.25) is 4.90 Å². The van der Waals surface area contributed by atoms with Gasteiger partial charge in [0.2, 0.25) is 0 Å². The molecule has 23 heavy (non-hydrogen) atoms. The summed E-state index contributed by atoms with van der Waals surface area (Å²) in [5.74, 6) is 0. The molecule has 3 nitrogen and oxygen atoms in total. The van der Waals surface area contributed by atoms with Crippen LogP contribution in [-0.2, 0) is 11.3 Å². The average molecular weight is 346 g/mol. The molecule has 0 bridgehead atoms. The molecule has 3 rings (SSSR count). The van der Waals surface area contributed by atoms with Gasteiger partial charge in [-0.05, 0) is 42.3 Å². The van der Waals surface area contributed by atoms with Gasteiger partial charge in [-0.15, -0.1) is 0 Å². The molecule has 1 aliphatic carbocycles. The van der Waals surface area contributed by atoms with Gasteiger partial charge in [-0.25, -0.2) is 0 Å². The summed E-state index contributed by atoms with van der Waals surface area (Å²) in [5.41, 5.74) is -3.25. The lowest BCUT2D eigenvalue weighted by Gasteiger charge is -2.33. The van der Waals surface area contributed by atoms with E-state index in [0.717, 1.165) is 37.8 Å². The van der Waals surface area contributed by atoms with E-state index in [0.29, 0.717) is 6.54 Å². The van der Waals surface area contributed by atoms with E-state index in [9.17, 15) is 13.2 Å². The summed E-state index contributed by atoms with van der Waals surface area (Å²) in [4.78, 5) is 2.72. The first-order valence-electron chi connectivity index (χ1n) is 7.91. The van der Waals surface area contributed by atoms with Crippen molar-refractivity contribution in [3.8, 4) is 0 Å². The molecule has 0 spiro atoms. The number of hydrogen-bond donors (Lipinski definition) is 1. The molecule has 1 atom stereocenters. The minimum atomic E-state index is -4.23. The van der Waals surface area contributed by atoms with Crippen LogP contribution in [0.3, 0.4) is 0 Å². The molecule has 1 saturated carbocycles. The lowest BCUT2D eigenvalue weighted by Crippen LogP contribution is -2.47. The summed E-state index contributed by atoms with van der Waals surface area (Å²) in [6, 6.07) is 7.26. The normalized spacial score (nSPS) is 23.2. The summed E-state index contributed by atoms with van der Waals surface area (Å²) < 4.78 is 42.6. The number of nitrogens with zero attached hydrogens (tertiary/aromatic N) is 1. The quantitative estimate of drug-likeness (QED) is 0.799. The van der Waals surface area contributed by atoms with Crippen LogP contribution < -0.4 is 5.32 Å². The zero-order chi connectivity index (χ0) is 16.3. The zero-order valence-electron chi connectivity index (χ0n) is 12.8. The molecule has 2 aliphatic rings. The molecule has 1 aromatic rings. The molecule has 7 heteroatoms. The highest BCUT2D eigenvalue weighted by Crippen LogP contribution is 2.36. The molecule has 128 valence electrons. The van der Waals surface area contributed by atoms with Gasteiger partial charge in [0.25, 0.3) is 0 Å². The van der Waals surface area contributed by atoms with E-state index < -0.39 is 5.51 Å². The fraction of sp³-hybridized carbons (Fsp3) is 0.625. The summed E-state index contributed by atoms with van der Waals surface area (Å²) >= 11 is -0.0811. The number of nitrogens with one attached hydrogen (secondary N) is 1. The van der Waals surface area contributed by atoms with E-state index in [4.69, 9.17) is 4.74 Å². The van der Waals surface area contributed by atoms with Crippen molar-refractivity contribution in [3.63, 3.8) is 0 Å². The highest BCUT2D eigenvalue weighted by Gasteiger charge is 2.32. The van der Waals surface area contributed by atoms with Gasteiger partial charge in [0.05, 0.1) is 12.7 Å². The Bertz CT molecular complexity index is 505. The van der Waals surface area contributed by atoms with Crippen LogP contribution in [0.1, 0.15) is 18.4 Å². The van der Waals surface area contributed by atoms with Crippen LogP contribution in [0.25, 0.3) is 0 Å². The Morgan fingerprint density at radius 3 is 2.61 bits per heavy atom. The third kappa shape index (κ3) is 5.67. The SMILES string of the molecule is FC(F)(F)Sc1ccc(CNCC2CN(C3CC3)CCO2)cc1. The van der Waals surface area contributed by atoms with E-state index in [1.165, 1.54) is 25.0 Å². The number of halogens is 3. The molecule has 1 saturated heterocycles. The average Bonchev–Trinajstić information content (AvgIpc) is 3.33. The molecular weight excluding hydrogens is 325 g/mol. The molecule has 0 radical (unpaired) electrons. The third-order valence-corrected chi connectivity index (χ3v) is 4.83. The van der Waals surface area contributed by atoms with Crippen LogP contribution in [0.2, 0.25) is 0 Å². The Kier molecular flexibility index (Phi) is 5.51. The Morgan fingerprint density at radius 1 is 1.22 bits per heavy atom. The predicted octanol–water partition coefficient (Wildman–Crippen LogP) is 3.25. The first-order chi connectivity index (χ1) is 11.0. The smallest absolute Gasteiger partial charge is 0.374 e. The van der Waals surface area contributed by atoms with Crippen molar-refractivity contribution in [1.29, 1.82) is 0 Å². The molecular formula is C16H21F3N2OS. The minimum Gasteiger partial charge on any atom is -0.374 e. The van der Waals surface area contributed by atoms with Gasteiger partial charge in [0.15, 0.2) is 0 Å². The molecule has 1 aromatic carbocycles. The Balaban J connectivity index is 1.40. The topological polar surface area (TPSA) is 24.5 Å². The molecule has 0 aromatic heterocycles. The lowest BCUT2D eigenvalue weighted by atomic mass is 10.2. The van der Waals surface area contributed by atoms with Gasteiger partial charge < -0.3 is 10.1 Å². The maximum absolute atomic E-state index is 12.3. The maximum Gasteiger partial charge on any atom is 0.446 e. The number of thioether (sulfide) groups is 1. The number of ether oxygens (including phenoxy) is 1. The molecule has 2 fully saturated rings. The van der Waals surface area contributed by atoms with Crippen LogP contribution >= 0.6 is 11.8 Å². The predicted molar refractivity (Wildman–Crippen MR) is 84.4 cm³/mol. The molecule has 1 unspecified atom stereocenters. The molecule has 0 amide bonds. The van der Waals surface area contributed by atoms with Gasteiger partial charge in [-0.2, -0.15) is 13.2 Å². The van der Waals surface area contributed by atoms with Gasteiger partial charge in [0, 0.05) is 37.1 Å². The third-order valence-electron chi connectivity index (χ3n) is 4.09. The second kappa shape index (κ2) is 7.42. The second-order valence-corrected chi connectivity index (χ2v) is 7.18. The van der Waals surface area contributed by atoms with Crippen LogP contribution in [0, 0.1) is 0 Å². The summed E-state index contributed by atoms with van der Waals surface area (Å²) in [5, 5.41) is 3.34. The largest absolute Gasteiger partial charge is 0.446 e. The highest BCUT2D eigenvalue weighted by atomic mass is 32.2. The first-order valence-corrected chi connectivity index (χ1v) is 8.72. The summed E-state index contributed by atoms with van der Waals surface area (Å²) in [7, 11) is 0. The monoisotopic (exact) mass is 346 g/mol. The number of alkyl halides is 3. The molecule has 1 heterocycles. The molecule has 1 aliphatic heterocycles. The van der Waals surface area contributed by atoms with Gasteiger partial charge >= 0.3 is 5.51 Å². The highest BCUT2D eigenvalue weighted by molar-refractivity contribution is 8.00. The van der Waals surface area contributed by atoms with E-state index in [1.54, 1.807) is 12.1 Å². The summed E-state index contributed by atoms with van der Waals surface area (Å²) in [6.45, 7) is 4.19. The van der Waals surface area contributed by atoms with E-state index in [-0.39, 0.29) is 22.8 Å². The number of hydrogen-bond acceptors (Lipinski definition) is 4. The van der Waals surface area contributed by atoms with Crippen molar-refractivity contribution >= 4 is 11.8 Å². The van der Waals surface area contributed by atoms with E-state index >= 15 is 0 Å². The van der Waals surface area contributed by atoms with Gasteiger partial charge in [-0.1, -0.05) is 12.1 Å². The fourth-order valence-electron chi connectivity index (χ4n) is 2.82. The van der Waals surface area contributed by atoms with Crippen molar-refractivity contribution in [3.05, 3.63) is 29.8 Å². The van der Waals surface area contributed by atoms with Crippen LogP contribution in [0.4, 0.5) is 13.2 Å². The van der Waals surface area contributed by atoms with Crippen molar-refractivity contribution in [2.24, 2.45) is 0 Å². The first kappa shape index (κ1) is 17.1. The Labute approximate surface area is 138 Å². The lowest BCUT2D eigenvalue weighted by molar-refractivity contribution is -0.0328. The van der Waals surface area contributed by atoms with Crippen molar-refractivity contribution in [2.75, 3.05) is 26.2 Å². The number of benzene rings is 1. The van der Waals surface area contributed by atoms with Crippen LogP contribution in [0.5, 0.6) is 0 Å². The van der Waals surface area contributed by atoms with Crippen molar-refractivity contribution < 1.29 is 17.9 Å². The molecule has 1 N–H and O–H groups in total. The van der Waals surface area contributed by atoms with Crippen molar-refractivity contribution in [1.82, 2.24) is 10.2 Å². The Hall–Kier alpha value is -0.760. The second-order valence-electron chi connectivity index (χ2n) is 6.04. The number of rotatable bonds is 6. The fourth-order valence-corrected chi connectivity index (χ4v) is 3.36.